The zero-order valence-electron chi connectivity index (χ0n) is 17.9. The van der Waals surface area contributed by atoms with Crippen molar-refractivity contribution in [3.05, 3.63) is 63.9 Å². The number of carbonyl (C=O) groups excluding carboxylic acids is 2. The van der Waals surface area contributed by atoms with Crippen LogP contribution in [0, 0.1) is 5.92 Å². The fraction of sp³-hybridized carbons (Fsp3) is 0.375. The molecular formula is C24H25Cl2N3O3. The van der Waals surface area contributed by atoms with Gasteiger partial charge in [0.2, 0.25) is 5.91 Å². The number of halogens is 2. The smallest absolute Gasteiger partial charge is 0.310 e. The van der Waals surface area contributed by atoms with Crippen LogP contribution in [0.3, 0.4) is 0 Å². The molecule has 168 valence electrons. The number of fused-ring (bicyclic) bond motifs is 1. The normalized spacial score (nSPS) is 16.3. The van der Waals surface area contributed by atoms with E-state index in [9.17, 15) is 9.59 Å². The van der Waals surface area contributed by atoms with Crippen LogP contribution in [0.2, 0.25) is 10.0 Å². The highest BCUT2D eigenvalue weighted by Crippen LogP contribution is 2.28. The van der Waals surface area contributed by atoms with Gasteiger partial charge >= 0.3 is 5.97 Å². The molecule has 4 rings (SSSR count). The Morgan fingerprint density at radius 3 is 2.62 bits per heavy atom. The van der Waals surface area contributed by atoms with Crippen LogP contribution in [0.4, 0.5) is 0 Å². The first-order valence-corrected chi connectivity index (χ1v) is 11.5. The summed E-state index contributed by atoms with van der Waals surface area (Å²) in [4.78, 5) is 31.9. The molecule has 1 aliphatic rings. The van der Waals surface area contributed by atoms with E-state index in [1.807, 2.05) is 28.8 Å². The molecule has 2 aromatic carbocycles. The molecule has 0 N–H and O–H groups in total. The molecule has 1 aromatic heterocycles. The Morgan fingerprint density at radius 1 is 1.12 bits per heavy atom. The number of ether oxygens (including phenoxy) is 1. The topological polar surface area (TPSA) is 64.4 Å². The van der Waals surface area contributed by atoms with Gasteiger partial charge in [0.25, 0.3) is 0 Å². The summed E-state index contributed by atoms with van der Waals surface area (Å²) in [6.45, 7) is 3.29. The molecule has 1 amide bonds. The molecule has 0 saturated carbocycles. The average Bonchev–Trinajstić information content (AvgIpc) is 3.13. The van der Waals surface area contributed by atoms with Crippen molar-refractivity contribution in [3.63, 3.8) is 0 Å². The number of aromatic nitrogens is 2. The van der Waals surface area contributed by atoms with E-state index in [-0.39, 0.29) is 24.3 Å². The van der Waals surface area contributed by atoms with Crippen LogP contribution in [-0.2, 0) is 27.3 Å². The summed E-state index contributed by atoms with van der Waals surface area (Å²) in [7, 11) is 0. The maximum absolute atomic E-state index is 13.2. The number of piperidine rings is 1. The standard InChI is InChI=1S/C24H25Cl2N3O3/c1-2-32-24(31)16-7-6-12-28(14-16)23(30)15-29-21-11-4-3-10-20(21)27-22(29)13-17-18(25)8-5-9-19(17)26/h3-5,8-11,16H,2,6-7,12-15H2,1H3/t16-/m1/s1. The monoisotopic (exact) mass is 473 g/mol. The number of hydrogen-bond donors (Lipinski definition) is 0. The molecule has 0 bridgehead atoms. The minimum atomic E-state index is -0.270. The molecule has 6 nitrogen and oxygen atoms in total. The van der Waals surface area contributed by atoms with E-state index >= 15 is 0 Å². The van der Waals surface area contributed by atoms with Gasteiger partial charge in [-0.15, -0.1) is 0 Å². The average molecular weight is 474 g/mol. The number of nitrogens with zero attached hydrogens (tertiary/aromatic N) is 3. The first kappa shape index (κ1) is 22.6. The highest BCUT2D eigenvalue weighted by molar-refractivity contribution is 6.36. The number of likely N-dealkylation sites (tertiary alicyclic amines) is 1. The molecule has 1 aliphatic heterocycles. The van der Waals surface area contributed by atoms with Crippen molar-refractivity contribution in [2.75, 3.05) is 19.7 Å². The Hall–Kier alpha value is -2.57. The zero-order chi connectivity index (χ0) is 22.7. The summed E-state index contributed by atoms with van der Waals surface area (Å²) in [5.74, 6) is 0.169. The molecule has 0 unspecified atom stereocenters. The fourth-order valence-corrected chi connectivity index (χ4v) is 4.72. The Balaban J connectivity index is 1.60. The summed E-state index contributed by atoms with van der Waals surface area (Å²) in [5, 5.41) is 1.13. The first-order chi connectivity index (χ1) is 15.5. The van der Waals surface area contributed by atoms with Gasteiger partial charge in [-0.3, -0.25) is 9.59 Å². The highest BCUT2D eigenvalue weighted by Gasteiger charge is 2.30. The van der Waals surface area contributed by atoms with Crippen molar-refractivity contribution in [1.82, 2.24) is 14.5 Å². The third kappa shape index (κ3) is 4.76. The second kappa shape index (κ2) is 9.92. The van der Waals surface area contributed by atoms with Gasteiger partial charge in [0, 0.05) is 29.6 Å². The quantitative estimate of drug-likeness (QED) is 0.485. The lowest BCUT2D eigenvalue weighted by Gasteiger charge is -2.31. The largest absolute Gasteiger partial charge is 0.466 e. The van der Waals surface area contributed by atoms with Gasteiger partial charge in [-0.05, 0) is 49.6 Å². The predicted molar refractivity (Wildman–Crippen MR) is 125 cm³/mol. The Labute approximate surface area is 197 Å². The summed E-state index contributed by atoms with van der Waals surface area (Å²) in [6, 6.07) is 13.1. The molecular weight excluding hydrogens is 449 g/mol. The zero-order valence-corrected chi connectivity index (χ0v) is 19.4. The van der Waals surface area contributed by atoms with Gasteiger partial charge < -0.3 is 14.2 Å². The SMILES string of the molecule is CCOC(=O)[C@@H]1CCCN(C(=O)Cn2c(Cc3c(Cl)cccc3Cl)nc3ccccc32)C1. The second-order valence-electron chi connectivity index (χ2n) is 7.91. The van der Waals surface area contributed by atoms with Gasteiger partial charge in [-0.2, -0.15) is 0 Å². The molecule has 2 heterocycles. The number of para-hydroxylation sites is 2. The van der Waals surface area contributed by atoms with Crippen molar-refractivity contribution in [2.45, 2.75) is 32.7 Å². The Bertz CT molecular complexity index is 1120. The summed E-state index contributed by atoms with van der Waals surface area (Å²) in [6.07, 6.45) is 1.93. The molecule has 0 spiro atoms. The van der Waals surface area contributed by atoms with Crippen LogP contribution >= 0.6 is 23.2 Å². The molecule has 8 heteroatoms. The van der Waals surface area contributed by atoms with Gasteiger partial charge in [0.05, 0.1) is 23.6 Å². The van der Waals surface area contributed by atoms with E-state index in [0.29, 0.717) is 42.0 Å². The van der Waals surface area contributed by atoms with Gasteiger partial charge in [0.1, 0.15) is 12.4 Å². The van der Waals surface area contributed by atoms with Crippen molar-refractivity contribution < 1.29 is 14.3 Å². The summed E-state index contributed by atoms with van der Waals surface area (Å²) >= 11 is 12.8. The van der Waals surface area contributed by atoms with E-state index in [1.54, 1.807) is 30.0 Å². The number of carbonyl (C=O) groups is 2. The third-order valence-electron chi connectivity index (χ3n) is 5.82. The van der Waals surface area contributed by atoms with Crippen LogP contribution in [0.1, 0.15) is 31.2 Å². The third-order valence-corrected chi connectivity index (χ3v) is 6.53. The van der Waals surface area contributed by atoms with E-state index in [0.717, 1.165) is 29.4 Å². The first-order valence-electron chi connectivity index (χ1n) is 10.8. The maximum Gasteiger partial charge on any atom is 0.310 e. The van der Waals surface area contributed by atoms with Gasteiger partial charge in [-0.1, -0.05) is 41.4 Å². The van der Waals surface area contributed by atoms with Crippen LogP contribution < -0.4 is 0 Å². The van der Waals surface area contributed by atoms with E-state index in [2.05, 4.69) is 0 Å². The van der Waals surface area contributed by atoms with Crippen molar-refractivity contribution in [2.24, 2.45) is 5.92 Å². The molecule has 1 saturated heterocycles. The van der Waals surface area contributed by atoms with Gasteiger partial charge in [-0.25, -0.2) is 4.98 Å². The second-order valence-corrected chi connectivity index (χ2v) is 8.73. The number of esters is 1. The number of benzene rings is 2. The van der Waals surface area contributed by atoms with Crippen LogP contribution in [0.15, 0.2) is 42.5 Å². The molecule has 1 fully saturated rings. The van der Waals surface area contributed by atoms with Gasteiger partial charge in [0.15, 0.2) is 0 Å². The minimum Gasteiger partial charge on any atom is -0.466 e. The fourth-order valence-electron chi connectivity index (χ4n) is 4.19. The Morgan fingerprint density at radius 2 is 1.88 bits per heavy atom. The van der Waals surface area contributed by atoms with Crippen molar-refractivity contribution >= 4 is 46.1 Å². The van der Waals surface area contributed by atoms with Crippen LogP contribution in [0.5, 0.6) is 0 Å². The predicted octanol–water partition coefficient (Wildman–Crippen LogP) is 4.74. The lowest BCUT2D eigenvalue weighted by Crippen LogP contribution is -2.44. The molecule has 3 aromatic rings. The lowest BCUT2D eigenvalue weighted by atomic mass is 9.98. The number of imidazole rings is 1. The number of amides is 1. The summed E-state index contributed by atoms with van der Waals surface area (Å²) in [5.41, 5.74) is 2.46. The Kier molecular flexibility index (Phi) is 7.01. The molecule has 0 radical (unpaired) electrons. The van der Waals surface area contributed by atoms with E-state index in [1.165, 1.54) is 0 Å². The number of hydrogen-bond acceptors (Lipinski definition) is 4. The van der Waals surface area contributed by atoms with Crippen LogP contribution in [0.25, 0.3) is 11.0 Å². The lowest BCUT2D eigenvalue weighted by molar-refractivity contribution is -0.151. The van der Waals surface area contributed by atoms with Crippen molar-refractivity contribution in [3.8, 4) is 0 Å². The maximum atomic E-state index is 13.2. The van der Waals surface area contributed by atoms with Crippen LogP contribution in [-0.4, -0.2) is 46.0 Å². The molecule has 32 heavy (non-hydrogen) atoms. The summed E-state index contributed by atoms with van der Waals surface area (Å²) < 4.78 is 7.09. The molecule has 1 atom stereocenters. The number of rotatable bonds is 6. The van der Waals surface area contributed by atoms with E-state index < -0.39 is 0 Å². The molecule has 0 aliphatic carbocycles. The minimum absolute atomic E-state index is 0.0475. The van der Waals surface area contributed by atoms with E-state index in [4.69, 9.17) is 32.9 Å². The van der Waals surface area contributed by atoms with Crippen molar-refractivity contribution in [1.29, 1.82) is 0 Å². The highest BCUT2D eigenvalue weighted by atomic mass is 35.5.